The highest BCUT2D eigenvalue weighted by molar-refractivity contribution is 5.73. The Morgan fingerprint density at radius 2 is 1.78 bits per heavy atom. The van der Waals surface area contributed by atoms with Gasteiger partial charge in [0.1, 0.15) is 0 Å². The highest BCUT2D eigenvalue weighted by Gasteiger charge is 2.12. The van der Waals surface area contributed by atoms with Crippen molar-refractivity contribution in [1.82, 2.24) is 5.32 Å². The number of esters is 1. The minimum absolute atomic E-state index is 0.322. The molecule has 7 nitrogen and oxygen atoms in total. The van der Waals surface area contributed by atoms with Crippen molar-refractivity contribution in [1.29, 1.82) is 0 Å². The summed E-state index contributed by atoms with van der Waals surface area (Å²) in [7, 11) is 1.31. The fourth-order valence-corrected chi connectivity index (χ4v) is 1.03. The van der Waals surface area contributed by atoms with Crippen LogP contribution in [0.3, 0.4) is 0 Å². The maximum absolute atomic E-state index is 11.0. The van der Waals surface area contributed by atoms with Crippen LogP contribution in [0.25, 0.3) is 0 Å². The fraction of sp³-hybridized carbons (Fsp3) is 0.818. The van der Waals surface area contributed by atoms with Gasteiger partial charge in [0.25, 0.3) is 0 Å². The number of rotatable bonds is 12. The Labute approximate surface area is 107 Å². The van der Waals surface area contributed by atoms with Gasteiger partial charge in [0.05, 0.1) is 40.1 Å². The van der Waals surface area contributed by atoms with Gasteiger partial charge in [0.2, 0.25) is 6.41 Å². The molecule has 1 N–H and O–H groups in total. The molecule has 0 aliphatic rings. The molecule has 0 aliphatic carbocycles. The molecule has 1 atom stereocenters. The van der Waals surface area contributed by atoms with E-state index in [0.717, 1.165) is 0 Å². The minimum Gasteiger partial charge on any atom is -0.467 e. The largest absolute Gasteiger partial charge is 0.467 e. The molecular weight excluding hydrogens is 242 g/mol. The molecule has 0 saturated carbocycles. The molecule has 7 heteroatoms. The zero-order valence-electron chi connectivity index (χ0n) is 10.8. The zero-order chi connectivity index (χ0) is 13.6. The number of carbonyl (C=O) groups excluding carboxylic acids is 2. The number of hydrogen-bond donors (Lipinski definition) is 1. The van der Waals surface area contributed by atoms with E-state index in [-0.39, 0.29) is 0 Å². The number of nitrogens with one attached hydrogen (secondary N) is 1. The van der Waals surface area contributed by atoms with Gasteiger partial charge >= 0.3 is 5.97 Å². The van der Waals surface area contributed by atoms with Crippen LogP contribution in [-0.4, -0.2) is 65.2 Å². The molecule has 0 aliphatic heterocycles. The molecule has 0 unspecified atom stereocenters. The first kappa shape index (κ1) is 16.8. The lowest BCUT2D eigenvalue weighted by molar-refractivity contribution is -0.153. The van der Waals surface area contributed by atoms with Gasteiger partial charge in [-0.15, -0.1) is 0 Å². The van der Waals surface area contributed by atoms with E-state index in [0.29, 0.717) is 46.0 Å². The Hall–Kier alpha value is -1.18. The van der Waals surface area contributed by atoms with Gasteiger partial charge in [-0.1, -0.05) is 0 Å². The van der Waals surface area contributed by atoms with E-state index < -0.39 is 12.1 Å². The lowest BCUT2D eigenvalue weighted by atomic mass is 10.4. The topological polar surface area (TPSA) is 83.1 Å². The van der Waals surface area contributed by atoms with Crippen molar-refractivity contribution in [3.8, 4) is 0 Å². The first-order valence-corrected chi connectivity index (χ1v) is 5.74. The van der Waals surface area contributed by atoms with Gasteiger partial charge in [-0.05, 0) is 6.92 Å². The van der Waals surface area contributed by atoms with Gasteiger partial charge in [0, 0.05) is 6.54 Å². The van der Waals surface area contributed by atoms with Crippen molar-refractivity contribution in [2.75, 3.05) is 46.7 Å². The molecule has 0 aromatic rings. The van der Waals surface area contributed by atoms with E-state index in [1.54, 1.807) is 6.92 Å². The second kappa shape index (κ2) is 12.3. The smallest absolute Gasteiger partial charge is 0.334 e. The predicted octanol–water partition coefficient (Wildman–Crippen LogP) is -0.656. The Balaban J connectivity index is 3.16. The molecule has 0 aromatic heterocycles. The van der Waals surface area contributed by atoms with Crippen molar-refractivity contribution >= 4 is 12.4 Å². The van der Waals surface area contributed by atoms with Gasteiger partial charge < -0.3 is 24.3 Å². The van der Waals surface area contributed by atoms with Gasteiger partial charge in [-0.25, -0.2) is 4.79 Å². The second-order valence-corrected chi connectivity index (χ2v) is 3.33. The van der Waals surface area contributed by atoms with Crippen molar-refractivity contribution in [3.63, 3.8) is 0 Å². The third-order valence-electron chi connectivity index (χ3n) is 1.97. The molecule has 0 bridgehead atoms. The van der Waals surface area contributed by atoms with E-state index in [1.807, 2.05) is 0 Å². The Morgan fingerprint density at radius 3 is 2.39 bits per heavy atom. The van der Waals surface area contributed by atoms with Crippen LogP contribution < -0.4 is 5.32 Å². The standard InChI is InChI=1S/C11H21NO6/c1-10(11(14)15-2)18-8-7-17-6-5-16-4-3-12-9-13/h9-10H,3-8H2,1-2H3,(H,12,13)/t10-/m0/s1. The van der Waals surface area contributed by atoms with E-state index in [1.165, 1.54) is 7.11 Å². The third-order valence-corrected chi connectivity index (χ3v) is 1.97. The Bertz CT molecular complexity index is 224. The fourth-order valence-electron chi connectivity index (χ4n) is 1.03. The van der Waals surface area contributed by atoms with Crippen LogP contribution in [0.4, 0.5) is 0 Å². The molecule has 0 rings (SSSR count). The molecule has 18 heavy (non-hydrogen) atoms. The summed E-state index contributed by atoms with van der Waals surface area (Å²) in [5.41, 5.74) is 0. The highest BCUT2D eigenvalue weighted by atomic mass is 16.6. The van der Waals surface area contributed by atoms with Gasteiger partial charge in [-0.2, -0.15) is 0 Å². The molecular formula is C11H21NO6. The molecule has 0 aromatic carbocycles. The normalized spacial score (nSPS) is 11.9. The van der Waals surface area contributed by atoms with Crippen LogP contribution >= 0.6 is 0 Å². The van der Waals surface area contributed by atoms with E-state index in [4.69, 9.17) is 14.2 Å². The summed E-state index contributed by atoms with van der Waals surface area (Å²) in [6.07, 6.45) is 0.0453. The van der Waals surface area contributed by atoms with Crippen LogP contribution in [0.1, 0.15) is 6.92 Å². The minimum atomic E-state index is -0.579. The number of methoxy groups -OCH3 is 1. The SMILES string of the molecule is COC(=O)[C@H](C)OCCOCCOCCNC=O. The summed E-state index contributed by atoms with van der Waals surface area (Å²) in [6, 6.07) is 0. The summed E-state index contributed by atoms with van der Waals surface area (Å²) in [4.78, 5) is 20.9. The maximum atomic E-state index is 11.0. The lowest BCUT2D eigenvalue weighted by Crippen LogP contribution is -2.24. The van der Waals surface area contributed by atoms with E-state index in [9.17, 15) is 9.59 Å². The number of carbonyl (C=O) groups is 2. The number of hydrogen-bond acceptors (Lipinski definition) is 6. The molecule has 0 spiro atoms. The van der Waals surface area contributed by atoms with Crippen LogP contribution in [0.15, 0.2) is 0 Å². The Kier molecular flexibility index (Phi) is 11.5. The summed E-state index contributed by atoms with van der Waals surface area (Å²) in [6.45, 7) is 4.17. The summed E-state index contributed by atoms with van der Waals surface area (Å²) in [5.74, 6) is -0.402. The van der Waals surface area contributed by atoms with Gasteiger partial charge in [0.15, 0.2) is 6.10 Å². The average molecular weight is 263 g/mol. The lowest BCUT2D eigenvalue weighted by Gasteiger charge is -2.10. The van der Waals surface area contributed by atoms with E-state index >= 15 is 0 Å². The molecule has 0 radical (unpaired) electrons. The van der Waals surface area contributed by atoms with Crippen LogP contribution in [-0.2, 0) is 28.5 Å². The average Bonchev–Trinajstić information content (AvgIpc) is 2.39. The van der Waals surface area contributed by atoms with Crippen molar-refractivity contribution in [3.05, 3.63) is 0 Å². The van der Waals surface area contributed by atoms with Crippen molar-refractivity contribution < 1.29 is 28.5 Å². The van der Waals surface area contributed by atoms with Crippen molar-refractivity contribution in [2.24, 2.45) is 0 Å². The quantitative estimate of drug-likeness (QED) is 0.286. The molecule has 1 amide bonds. The number of ether oxygens (including phenoxy) is 4. The Morgan fingerprint density at radius 1 is 1.17 bits per heavy atom. The van der Waals surface area contributed by atoms with Crippen LogP contribution in [0.2, 0.25) is 0 Å². The third kappa shape index (κ3) is 10.0. The monoisotopic (exact) mass is 263 g/mol. The summed E-state index contributed by atoms with van der Waals surface area (Å²) in [5, 5.41) is 2.48. The summed E-state index contributed by atoms with van der Waals surface area (Å²) < 4.78 is 20.0. The molecule has 0 saturated heterocycles. The predicted molar refractivity (Wildman–Crippen MR) is 63.1 cm³/mol. The molecule has 106 valence electrons. The number of amides is 1. The van der Waals surface area contributed by atoms with E-state index in [2.05, 4.69) is 10.1 Å². The second-order valence-electron chi connectivity index (χ2n) is 3.33. The van der Waals surface area contributed by atoms with Crippen LogP contribution in [0.5, 0.6) is 0 Å². The first-order valence-electron chi connectivity index (χ1n) is 5.74. The van der Waals surface area contributed by atoms with Crippen molar-refractivity contribution in [2.45, 2.75) is 13.0 Å². The zero-order valence-corrected chi connectivity index (χ0v) is 10.8. The summed E-state index contributed by atoms with van der Waals surface area (Å²) >= 11 is 0. The van der Waals surface area contributed by atoms with Crippen LogP contribution in [0, 0.1) is 0 Å². The molecule has 0 heterocycles. The first-order chi connectivity index (χ1) is 8.72. The maximum Gasteiger partial charge on any atom is 0.334 e. The van der Waals surface area contributed by atoms with Gasteiger partial charge in [-0.3, -0.25) is 4.79 Å². The highest BCUT2D eigenvalue weighted by Crippen LogP contribution is 1.93. The molecule has 0 fully saturated rings.